The van der Waals surface area contributed by atoms with Crippen molar-refractivity contribution in [2.75, 3.05) is 5.32 Å². The van der Waals surface area contributed by atoms with E-state index in [0.29, 0.717) is 21.8 Å². The summed E-state index contributed by atoms with van der Waals surface area (Å²) in [4.78, 5) is 35.5. The molecule has 122 valence electrons. The van der Waals surface area contributed by atoms with E-state index in [1.807, 2.05) is 0 Å². The first-order chi connectivity index (χ1) is 11.4. The molecule has 0 spiro atoms. The minimum Gasteiger partial charge on any atom is -0.408 e. The van der Waals surface area contributed by atoms with Crippen LogP contribution in [0.4, 0.5) is 5.69 Å². The Labute approximate surface area is 141 Å². The number of hydrogen-bond acceptors (Lipinski definition) is 4. The number of benzene rings is 2. The third-order valence-corrected chi connectivity index (χ3v) is 3.72. The first kappa shape index (κ1) is 16.0. The normalized spacial score (nSPS) is 10.8. The average Bonchev–Trinajstić information content (AvgIpc) is 2.82. The summed E-state index contributed by atoms with van der Waals surface area (Å²) in [6, 6.07) is 11.4. The Morgan fingerprint density at radius 3 is 2.71 bits per heavy atom. The second kappa shape index (κ2) is 6.33. The fraction of sp³-hybridized carbons (Fsp3) is 0.118. The molecular formula is C17H13ClN2O4. The van der Waals surface area contributed by atoms with Crippen molar-refractivity contribution in [2.24, 2.45) is 0 Å². The number of aromatic nitrogens is 1. The van der Waals surface area contributed by atoms with Crippen molar-refractivity contribution < 1.29 is 14.0 Å². The molecule has 0 atom stereocenters. The van der Waals surface area contributed by atoms with E-state index in [1.54, 1.807) is 36.4 Å². The van der Waals surface area contributed by atoms with Crippen LogP contribution in [0.5, 0.6) is 0 Å². The number of carbonyl (C=O) groups excluding carboxylic acids is 2. The van der Waals surface area contributed by atoms with E-state index >= 15 is 0 Å². The minimum atomic E-state index is -0.660. The standard InChI is InChI=1S/C17H13ClN2O4/c1-10(21)11-5-6-14-15(7-11)24-17(23)20(14)9-16(22)19-13-4-2-3-12(18)8-13/h2-8H,9H2,1H3,(H,19,22). The highest BCUT2D eigenvalue weighted by molar-refractivity contribution is 6.30. The predicted molar refractivity (Wildman–Crippen MR) is 90.6 cm³/mol. The van der Waals surface area contributed by atoms with Crippen LogP contribution < -0.4 is 11.1 Å². The number of nitrogens with one attached hydrogen (secondary N) is 1. The number of fused-ring (bicyclic) bond motifs is 1. The lowest BCUT2D eigenvalue weighted by atomic mass is 10.1. The summed E-state index contributed by atoms with van der Waals surface area (Å²) in [7, 11) is 0. The fourth-order valence-electron chi connectivity index (χ4n) is 2.35. The van der Waals surface area contributed by atoms with Crippen LogP contribution in [-0.2, 0) is 11.3 Å². The number of anilines is 1. The van der Waals surface area contributed by atoms with E-state index in [0.717, 1.165) is 0 Å². The second-order valence-corrected chi connectivity index (χ2v) is 5.69. The number of rotatable bonds is 4. The van der Waals surface area contributed by atoms with Crippen molar-refractivity contribution >= 4 is 40.1 Å². The molecule has 0 aliphatic carbocycles. The average molecular weight is 345 g/mol. The quantitative estimate of drug-likeness (QED) is 0.737. The Balaban J connectivity index is 1.87. The maximum Gasteiger partial charge on any atom is 0.420 e. The van der Waals surface area contributed by atoms with Crippen LogP contribution >= 0.6 is 11.6 Å². The largest absolute Gasteiger partial charge is 0.420 e. The van der Waals surface area contributed by atoms with Gasteiger partial charge in [0.15, 0.2) is 11.4 Å². The zero-order valence-corrected chi connectivity index (χ0v) is 13.5. The van der Waals surface area contributed by atoms with Gasteiger partial charge in [-0.05, 0) is 43.3 Å². The highest BCUT2D eigenvalue weighted by atomic mass is 35.5. The topological polar surface area (TPSA) is 81.3 Å². The zero-order valence-electron chi connectivity index (χ0n) is 12.7. The molecule has 7 heteroatoms. The maximum atomic E-state index is 12.2. The molecule has 3 rings (SSSR count). The number of amides is 1. The molecular weight excluding hydrogens is 332 g/mol. The lowest BCUT2D eigenvalue weighted by Crippen LogP contribution is -2.24. The van der Waals surface area contributed by atoms with Crippen LogP contribution in [0.1, 0.15) is 17.3 Å². The summed E-state index contributed by atoms with van der Waals surface area (Å²) < 4.78 is 6.32. The van der Waals surface area contributed by atoms with Gasteiger partial charge in [-0.25, -0.2) is 4.79 Å². The lowest BCUT2D eigenvalue weighted by molar-refractivity contribution is -0.116. The van der Waals surface area contributed by atoms with Crippen LogP contribution in [0.15, 0.2) is 51.7 Å². The zero-order chi connectivity index (χ0) is 17.3. The fourth-order valence-corrected chi connectivity index (χ4v) is 2.54. The van der Waals surface area contributed by atoms with E-state index in [-0.39, 0.29) is 17.9 Å². The third kappa shape index (κ3) is 3.23. The van der Waals surface area contributed by atoms with Gasteiger partial charge in [0.2, 0.25) is 5.91 Å². The van der Waals surface area contributed by atoms with E-state index in [9.17, 15) is 14.4 Å². The van der Waals surface area contributed by atoms with Crippen LogP contribution in [0.2, 0.25) is 5.02 Å². The molecule has 0 unspecified atom stereocenters. The van der Waals surface area contributed by atoms with Gasteiger partial charge >= 0.3 is 5.76 Å². The highest BCUT2D eigenvalue weighted by Gasteiger charge is 2.14. The van der Waals surface area contributed by atoms with Gasteiger partial charge in [0.05, 0.1) is 5.52 Å². The first-order valence-electron chi connectivity index (χ1n) is 7.14. The van der Waals surface area contributed by atoms with Gasteiger partial charge < -0.3 is 9.73 Å². The smallest absolute Gasteiger partial charge is 0.408 e. The Morgan fingerprint density at radius 1 is 1.21 bits per heavy atom. The van der Waals surface area contributed by atoms with Crippen molar-refractivity contribution in [1.29, 1.82) is 0 Å². The molecule has 6 nitrogen and oxygen atoms in total. The van der Waals surface area contributed by atoms with Crippen molar-refractivity contribution in [3.05, 3.63) is 63.6 Å². The number of hydrogen-bond donors (Lipinski definition) is 1. The van der Waals surface area contributed by atoms with Crippen molar-refractivity contribution in [3.63, 3.8) is 0 Å². The molecule has 0 fully saturated rings. The number of oxazole rings is 1. The molecule has 0 radical (unpaired) electrons. The first-order valence-corrected chi connectivity index (χ1v) is 7.51. The summed E-state index contributed by atoms with van der Waals surface area (Å²) in [6.07, 6.45) is 0. The maximum absolute atomic E-state index is 12.2. The van der Waals surface area contributed by atoms with Crippen molar-refractivity contribution in [1.82, 2.24) is 4.57 Å². The highest BCUT2D eigenvalue weighted by Crippen LogP contribution is 2.17. The Hall–Kier alpha value is -2.86. The molecule has 2 aromatic carbocycles. The van der Waals surface area contributed by atoms with Crippen LogP contribution in [-0.4, -0.2) is 16.3 Å². The summed E-state index contributed by atoms with van der Waals surface area (Å²) in [5, 5.41) is 3.16. The van der Waals surface area contributed by atoms with Crippen LogP contribution in [0, 0.1) is 0 Å². The van der Waals surface area contributed by atoms with Crippen LogP contribution in [0.25, 0.3) is 11.1 Å². The van der Waals surface area contributed by atoms with Crippen molar-refractivity contribution in [2.45, 2.75) is 13.5 Å². The van der Waals surface area contributed by atoms with E-state index < -0.39 is 11.7 Å². The minimum absolute atomic E-state index is 0.133. The number of nitrogens with zero attached hydrogens (tertiary/aromatic N) is 1. The lowest BCUT2D eigenvalue weighted by Gasteiger charge is -2.06. The molecule has 3 aromatic rings. The SMILES string of the molecule is CC(=O)c1ccc2c(c1)oc(=O)n2CC(=O)Nc1cccc(Cl)c1. The third-order valence-electron chi connectivity index (χ3n) is 3.48. The van der Waals surface area contributed by atoms with Gasteiger partial charge in [-0.3, -0.25) is 14.2 Å². The summed E-state index contributed by atoms with van der Waals surface area (Å²) in [5.74, 6) is -1.18. The Bertz CT molecular complexity index is 1000. The van der Waals surface area contributed by atoms with Gasteiger partial charge in [0, 0.05) is 16.3 Å². The molecule has 0 bridgehead atoms. The van der Waals surface area contributed by atoms with Gasteiger partial charge in [-0.1, -0.05) is 17.7 Å². The second-order valence-electron chi connectivity index (χ2n) is 5.25. The number of halogens is 1. The van der Waals surface area contributed by atoms with Crippen molar-refractivity contribution in [3.8, 4) is 0 Å². The summed E-state index contributed by atoms with van der Waals surface area (Å²) in [6.45, 7) is 1.21. The van der Waals surface area contributed by atoms with E-state index in [2.05, 4.69) is 5.32 Å². The molecule has 1 amide bonds. The van der Waals surface area contributed by atoms with E-state index in [4.69, 9.17) is 16.0 Å². The molecule has 0 saturated heterocycles. The Morgan fingerprint density at radius 2 is 2.00 bits per heavy atom. The van der Waals surface area contributed by atoms with Gasteiger partial charge in [-0.2, -0.15) is 0 Å². The molecule has 24 heavy (non-hydrogen) atoms. The monoisotopic (exact) mass is 344 g/mol. The number of ketones is 1. The summed E-state index contributed by atoms with van der Waals surface area (Å²) in [5.41, 5.74) is 1.69. The molecule has 1 heterocycles. The van der Waals surface area contributed by atoms with E-state index in [1.165, 1.54) is 17.6 Å². The Kier molecular flexibility index (Phi) is 4.22. The van der Waals surface area contributed by atoms with Crippen LogP contribution in [0.3, 0.4) is 0 Å². The van der Waals surface area contributed by atoms with Gasteiger partial charge in [0.1, 0.15) is 6.54 Å². The predicted octanol–water partition coefficient (Wildman–Crippen LogP) is 3.09. The van der Waals surface area contributed by atoms with Gasteiger partial charge in [-0.15, -0.1) is 0 Å². The number of Topliss-reactive ketones (excluding diaryl/α,β-unsaturated/α-hetero) is 1. The number of carbonyl (C=O) groups is 2. The summed E-state index contributed by atoms with van der Waals surface area (Å²) >= 11 is 5.87. The molecule has 1 aromatic heterocycles. The molecule has 0 aliphatic rings. The molecule has 1 N–H and O–H groups in total. The molecule has 0 saturated carbocycles. The van der Waals surface area contributed by atoms with Gasteiger partial charge in [0.25, 0.3) is 0 Å². The molecule has 0 aliphatic heterocycles.